The molecule has 2 aromatic carbocycles. The molecule has 8 nitrogen and oxygen atoms in total. The Labute approximate surface area is 204 Å². The fourth-order valence-corrected chi connectivity index (χ4v) is 5.63. The van der Waals surface area contributed by atoms with Crippen molar-refractivity contribution in [2.75, 3.05) is 32.8 Å². The number of carboxylic acid groups (broad SMARTS) is 1. The summed E-state index contributed by atoms with van der Waals surface area (Å²) in [6.45, 7) is 3.37. The van der Waals surface area contributed by atoms with E-state index < -0.39 is 24.1 Å². The maximum atomic E-state index is 13.0. The lowest BCUT2D eigenvalue weighted by Gasteiger charge is -2.24. The number of rotatable bonds is 6. The number of benzene rings is 2. The van der Waals surface area contributed by atoms with Crippen LogP contribution in [0.5, 0.6) is 0 Å². The highest BCUT2D eigenvalue weighted by atomic mass is 16.5. The summed E-state index contributed by atoms with van der Waals surface area (Å²) in [5.41, 5.74) is 4.64. The van der Waals surface area contributed by atoms with Gasteiger partial charge in [-0.15, -0.1) is 0 Å². The highest BCUT2D eigenvalue weighted by molar-refractivity contribution is 5.83. The number of nitrogens with zero attached hydrogens (tertiary/aromatic N) is 1. The summed E-state index contributed by atoms with van der Waals surface area (Å²) in [5, 5.41) is 12.2. The van der Waals surface area contributed by atoms with Gasteiger partial charge in [-0.25, -0.2) is 4.79 Å². The molecular formula is C27H30N2O6. The number of likely N-dealkylation sites (tertiary alicyclic amines) is 1. The summed E-state index contributed by atoms with van der Waals surface area (Å²) in [5.74, 6) is -1.93. The molecule has 0 bridgehead atoms. The van der Waals surface area contributed by atoms with E-state index in [2.05, 4.69) is 29.6 Å². The first kappa shape index (κ1) is 23.4. The van der Waals surface area contributed by atoms with E-state index in [4.69, 9.17) is 9.47 Å². The number of hydrogen-bond acceptors (Lipinski definition) is 5. The molecule has 8 heteroatoms. The predicted molar refractivity (Wildman–Crippen MR) is 128 cm³/mol. The van der Waals surface area contributed by atoms with Gasteiger partial charge in [0.05, 0.1) is 5.92 Å². The molecule has 0 unspecified atom stereocenters. The third kappa shape index (κ3) is 4.50. The summed E-state index contributed by atoms with van der Waals surface area (Å²) in [6, 6.07) is 16.3. The molecule has 2 saturated heterocycles. The van der Waals surface area contributed by atoms with Crippen molar-refractivity contribution in [3.8, 4) is 11.1 Å². The lowest BCUT2D eigenvalue weighted by Crippen LogP contribution is -2.44. The number of aliphatic carboxylic acids is 1. The molecule has 35 heavy (non-hydrogen) atoms. The van der Waals surface area contributed by atoms with Gasteiger partial charge in [0.1, 0.15) is 12.7 Å². The van der Waals surface area contributed by atoms with Crippen molar-refractivity contribution in [1.82, 2.24) is 10.2 Å². The van der Waals surface area contributed by atoms with Crippen LogP contribution in [0.1, 0.15) is 30.4 Å². The number of hydrogen-bond donors (Lipinski definition) is 2. The Morgan fingerprint density at radius 1 is 1.06 bits per heavy atom. The second-order valence-corrected chi connectivity index (χ2v) is 9.71. The molecule has 2 fully saturated rings. The Morgan fingerprint density at radius 2 is 1.71 bits per heavy atom. The fourth-order valence-electron chi connectivity index (χ4n) is 5.63. The van der Waals surface area contributed by atoms with Crippen molar-refractivity contribution in [3.05, 3.63) is 59.7 Å². The normalized spacial score (nSPS) is 25.2. The summed E-state index contributed by atoms with van der Waals surface area (Å²) < 4.78 is 11.3. The molecule has 184 valence electrons. The number of nitrogens with one attached hydrogen (secondary N) is 1. The summed E-state index contributed by atoms with van der Waals surface area (Å²) >= 11 is 0. The second kappa shape index (κ2) is 9.70. The Bertz CT molecular complexity index is 1090. The van der Waals surface area contributed by atoms with E-state index >= 15 is 0 Å². The Kier molecular flexibility index (Phi) is 6.47. The number of carbonyl (C=O) groups excluding carboxylic acids is 2. The van der Waals surface area contributed by atoms with Crippen LogP contribution in [0.15, 0.2) is 48.5 Å². The molecule has 2 N–H and O–H groups in total. The SMILES string of the molecule is C[C@@H]1CN(C(=O)[C@H]2OCC[C@H]2CNC(=O)OCC2c3ccccc3-c3ccccc32)C[C@H]1C(=O)O. The van der Waals surface area contributed by atoms with Crippen LogP contribution >= 0.6 is 0 Å². The molecule has 0 radical (unpaired) electrons. The van der Waals surface area contributed by atoms with E-state index in [1.807, 2.05) is 31.2 Å². The number of carbonyl (C=O) groups is 3. The van der Waals surface area contributed by atoms with Crippen LogP contribution in [-0.2, 0) is 19.1 Å². The van der Waals surface area contributed by atoms with Gasteiger partial charge < -0.3 is 24.8 Å². The van der Waals surface area contributed by atoms with Crippen molar-refractivity contribution in [1.29, 1.82) is 0 Å². The summed E-state index contributed by atoms with van der Waals surface area (Å²) in [4.78, 5) is 38.5. The highest BCUT2D eigenvalue weighted by Crippen LogP contribution is 2.44. The van der Waals surface area contributed by atoms with Gasteiger partial charge in [0.2, 0.25) is 0 Å². The van der Waals surface area contributed by atoms with E-state index in [-0.39, 0.29) is 43.4 Å². The Hall–Kier alpha value is -3.39. The van der Waals surface area contributed by atoms with Gasteiger partial charge in [-0.1, -0.05) is 55.5 Å². The van der Waals surface area contributed by atoms with Gasteiger partial charge in [-0.05, 0) is 34.6 Å². The lowest BCUT2D eigenvalue weighted by atomic mass is 9.98. The maximum absolute atomic E-state index is 13.0. The first-order chi connectivity index (χ1) is 16.9. The minimum atomic E-state index is -0.881. The van der Waals surface area contributed by atoms with Crippen LogP contribution < -0.4 is 5.32 Å². The average molecular weight is 479 g/mol. The van der Waals surface area contributed by atoms with Crippen molar-refractivity contribution < 1.29 is 29.0 Å². The van der Waals surface area contributed by atoms with Crippen molar-refractivity contribution in [3.63, 3.8) is 0 Å². The van der Waals surface area contributed by atoms with Gasteiger partial charge in [0.25, 0.3) is 5.91 Å². The van der Waals surface area contributed by atoms with Crippen molar-refractivity contribution in [2.45, 2.75) is 25.4 Å². The molecule has 2 heterocycles. The minimum absolute atomic E-state index is 0.0170. The van der Waals surface area contributed by atoms with E-state index in [1.54, 1.807) is 4.90 Å². The van der Waals surface area contributed by atoms with Crippen LogP contribution in [0.4, 0.5) is 4.79 Å². The molecule has 4 atom stereocenters. The standard InChI is InChI=1S/C27H30N2O6/c1-16-13-29(14-22(16)26(31)32)25(30)24-17(10-11-34-24)12-28-27(33)35-15-23-20-8-4-2-6-18(20)19-7-3-5-9-21(19)23/h2-9,16-17,22-24H,10-15H2,1H3,(H,28,33)(H,31,32)/t16-,17+,22-,24+/m1/s1. The van der Waals surface area contributed by atoms with Gasteiger partial charge in [-0.3, -0.25) is 9.59 Å². The smallest absolute Gasteiger partial charge is 0.407 e. The van der Waals surface area contributed by atoms with Crippen LogP contribution in [-0.4, -0.2) is 66.9 Å². The first-order valence-corrected chi connectivity index (χ1v) is 12.2. The quantitative estimate of drug-likeness (QED) is 0.661. The van der Waals surface area contributed by atoms with Crippen LogP contribution in [0.3, 0.4) is 0 Å². The molecule has 3 aliphatic rings. The van der Waals surface area contributed by atoms with Crippen LogP contribution in [0.25, 0.3) is 11.1 Å². The zero-order valence-electron chi connectivity index (χ0n) is 19.7. The molecule has 2 amide bonds. The Morgan fingerprint density at radius 3 is 2.34 bits per heavy atom. The predicted octanol–water partition coefficient (Wildman–Crippen LogP) is 3.11. The molecule has 2 aliphatic heterocycles. The lowest BCUT2D eigenvalue weighted by molar-refractivity contribution is -0.143. The zero-order valence-corrected chi connectivity index (χ0v) is 19.7. The van der Waals surface area contributed by atoms with Crippen LogP contribution in [0.2, 0.25) is 0 Å². The third-order valence-corrected chi connectivity index (χ3v) is 7.55. The van der Waals surface area contributed by atoms with E-state index in [1.165, 1.54) is 11.1 Å². The average Bonchev–Trinajstić information content (AvgIpc) is 3.57. The number of alkyl carbamates (subject to hydrolysis) is 1. The van der Waals surface area contributed by atoms with E-state index in [9.17, 15) is 19.5 Å². The second-order valence-electron chi connectivity index (χ2n) is 9.71. The van der Waals surface area contributed by atoms with Gasteiger partial charge in [-0.2, -0.15) is 0 Å². The maximum Gasteiger partial charge on any atom is 0.407 e. The summed E-state index contributed by atoms with van der Waals surface area (Å²) in [7, 11) is 0. The van der Waals surface area contributed by atoms with Crippen molar-refractivity contribution >= 4 is 18.0 Å². The molecular weight excluding hydrogens is 448 g/mol. The third-order valence-electron chi connectivity index (χ3n) is 7.55. The number of amides is 2. The van der Waals surface area contributed by atoms with Crippen LogP contribution in [0, 0.1) is 17.8 Å². The zero-order chi connectivity index (χ0) is 24.5. The molecule has 2 aromatic rings. The highest BCUT2D eigenvalue weighted by Gasteiger charge is 2.43. The number of ether oxygens (including phenoxy) is 2. The van der Waals surface area contributed by atoms with Gasteiger partial charge in [0.15, 0.2) is 0 Å². The molecule has 0 spiro atoms. The number of carboxylic acids is 1. The molecule has 1 aliphatic carbocycles. The largest absolute Gasteiger partial charge is 0.481 e. The van der Waals surface area contributed by atoms with E-state index in [0.717, 1.165) is 11.1 Å². The monoisotopic (exact) mass is 478 g/mol. The van der Waals surface area contributed by atoms with E-state index in [0.29, 0.717) is 19.6 Å². The molecule has 0 aromatic heterocycles. The fraction of sp³-hybridized carbons (Fsp3) is 0.444. The van der Waals surface area contributed by atoms with Gasteiger partial charge in [0, 0.05) is 38.1 Å². The Balaban J connectivity index is 1.15. The first-order valence-electron chi connectivity index (χ1n) is 12.2. The van der Waals surface area contributed by atoms with Gasteiger partial charge >= 0.3 is 12.1 Å². The topological polar surface area (TPSA) is 105 Å². The van der Waals surface area contributed by atoms with Crippen molar-refractivity contribution in [2.24, 2.45) is 17.8 Å². The molecule has 5 rings (SSSR count). The number of fused-ring (bicyclic) bond motifs is 3. The summed E-state index contributed by atoms with van der Waals surface area (Å²) in [6.07, 6.45) is -0.555. The minimum Gasteiger partial charge on any atom is -0.481 e. The molecule has 0 saturated carbocycles.